The summed E-state index contributed by atoms with van der Waals surface area (Å²) in [7, 11) is 0. The molecule has 1 saturated heterocycles. The number of nitrogens with one attached hydrogen (secondary N) is 1. The van der Waals surface area contributed by atoms with Crippen molar-refractivity contribution >= 4 is 11.8 Å². The van der Waals surface area contributed by atoms with Crippen molar-refractivity contribution in [2.24, 2.45) is 0 Å². The number of carbonyl (C=O) groups excluding carboxylic acids is 2. The van der Waals surface area contributed by atoms with Gasteiger partial charge in [0.15, 0.2) is 5.69 Å². The lowest BCUT2D eigenvalue weighted by molar-refractivity contribution is -0.131. The Hall–Kier alpha value is -3.68. The molecule has 1 aliphatic heterocycles. The van der Waals surface area contributed by atoms with E-state index in [1.165, 1.54) is 0 Å². The van der Waals surface area contributed by atoms with Gasteiger partial charge in [0, 0.05) is 13.1 Å². The molecule has 4 rings (SSSR count). The molecule has 8 heteroatoms. The van der Waals surface area contributed by atoms with E-state index >= 15 is 0 Å². The first kappa shape index (κ1) is 22.5. The molecule has 2 aromatic carbocycles. The molecule has 2 heterocycles. The molecule has 1 fully saturated rings. The second-order valence-electron chi connectivity index (χ2n) is 8.13. The van der Waals surface area contributed by atoms with E-state index in [0.717, 1.165) is 36.3 Å². The molecule has 2 amide bonds. The van der Waals surface area contributed by atoms with Gasteiger partial charge in [0.25, 0.3) is 5.91 Å². The number of hydrogen-bond acceptors (Lipinski definition) is 5. The van der Waals surface area contributed by atoms with E-state index in [1.54, 1.807) is 10.9 Å². The summed E-state index contributed by atoms with van der Waals surface area (Å²) in [4.78, 5) is 27.3. The summed E-state index contributed by atoms with van der Waals surface area (Å²) in [6.07, 6.45) is 3.87. The summed E-state index contributed by atoms with van der Waals surface area (Å²) >= 11 is 0. The molecule has 8 nitrogen and oxygen atoms in total. The van der Waals surface area contributed by atoms with Gasteiger partial charge in [0.05, 0.1) is 31.8 Å². The number of aromatic nitrogens is 3. The summed E-state index contributed by atoms with van der Waals surface area (Å²) < 4.78 is 7.12. The third-order valence-corrected chi connectivity index (χ3v) is 5.75. The first-order valence-electron chi connectivity index (χ1n) is 11.4. The number of carbonyl (C=O) groups is 2. The van der Waals surface area contributed by atoms with E-state index < -0.39 is 0 Å². The third-order valence-electron chi connectivity index (χ3n) is 5.75. The van der Waals surface area contributed by atoms with E-state index in [2.05, 4.69) is 15.6 Å². The van der Waals surface area contributed by atoms with Crippen LogP contribution in [0.4, 0.5) is 0 Å². The first-order valence-corrected chi connectivity index (χ1v) is 11.4. The molecule has 0 spiro atoms. The predicted molar refractivity (Wildman–Crippen MR) is 124 cm³/mol. The normalized spacial score (nSPS) is 15.4. The highest BCUT2D eigenvalue weighted by Crippen LogP contribution is 2.21. The van der Waals surface area contributed by atoms with Crippen molar-refractivity contribution in [3.8, 4) is 5.75 Å². The molecule has 33 heavy (non-hydrogen) atoms. The number of rotatable bonds is 9. The number of nitrogens with zero attached hydrogens (tertiary/aromatic N) is 4. The van der Waals surface area contributed by atoms with Gasteiger partial charge in [-0.3, -0.25) is 9.59 Å². The maximum absolute atomic E-state index is 12.9. The molecule has 3 aromatic rings. The van der Waals surface area contributed by atoms with Gasteiger partial charge < -0.3 is 15.0 Å². The Morgan fingerprint density at radius 3 is 2.64 bits per heavy atom. The average molecular weight is 448 g/mol. The number of likely N-dealkylation sites (tertiary alicyclic amines) is 1. The molecule has 1 aliphatic rings. The van der Waals surface area contributed by atoms with Crippen LogP contribution in [0.15, 0.2) is 60.8 Å². The summed E-state index contributed by atoms with van der Waals surface area (Å²) in [6, 6.07) is 17.4. The fourth-order valence-electron chi connectivity index (χ4n) is 4.08. The average Bonchev–Trinajstić information content (AvgIpc) is 3.50. The van der Waals surface area contributed by atoms with Gasteiger partial charge in [-0.15, -0.1) is 5.10 Å². The van der Waals surface area contributed by atoms with Gasteiger partial charge in [-0.25, -0.2) is 4.68 Å². The van der Waals surface area contributed by atoms with Crippen molar-refractivity contribution in [3.63, 3.8) is 0 Å². The van der Waals surface area contributed by atoms with E-state index in [1.807, 2.05) is 66.4 Å². The van der Waals surface area contributed by atoms with Crippen LogP contribution in [0.25, 0.3) is 0 Å². The standard InChI is InChI=1S/C25H29N5O3/c1-2-33-22-12-10-19(11-13-22)15-24(31)30-14-6-9-21(30)17-29-18-23(27-28-29)25(32)26-16-20-7-4-3-5-8-20/h3-5,7-8,10-13,18,21H,2,6,9,14-17H2,1H3,(H,26,32). The lowest BCUT2D eigenvalue weighted by Crippen LogP contribution is -2.39. The molecule has 1 aromatic heterocycles. The minimum absolute atomic E-state index is 0.0436. The molecule has 0 saturated carbocycles. The van der Waals surface area contributed by atoms with Crippen LogP contribution in [0.2, 0.25) is 0 Å². The minimum atomic E-state index is -0.264. The number of amides is 2. The van der Waals surface area contributed by atoms with Crippen LogP contribution in [-0.4, -0.2) is 50.9 Å². The SMILES string of the molecule is CCOc1ccc(CC(=O)N2CCCC2Cn2cc(C(=O)NCc3ccccc3)nn2)cc1. The van der Waals surface area contributed by atoms with Crippen LogP contribution in [0.5, 0.6) is 5.75 Å². The molecular formula is C25H29N5O3. The zero-order chi connectivity index (χ0) is 23.0. The maximum atomic E-state index is 12.9. The summed E-state index contributed by atoms with van der Waals surface area (Å²) in [5.41, 5.74) is 2.26. The zero-order valence-electron chi connectivity index (χ0n) is 18.8. The van der Waals surface area contributed by atoms with Gasteiger partial charge in [-0.2, -0.15) is 0 Å². The molecule has 0 aliphatic carbocycles. The number of hydrogen-bond donors (Lipinski definition) is 1. The lowest BCUT2D eigenvalue weighted by Gasteiger charge is -2.24. The Labute approximate surface area is 193 Å². The first-order chi connectivity index (χ1) is 16.1. The Morgan fingerprint density at radius 1 is 1.09 bits per heavy atom. The number of ether oxygens (including phenoxy) is 1. The Bertz CT molecular complexity index is 1070. The Balaban J connectivity index is 1.31. The third kappa shape index (κ3) is 5.97. The molecule has 1 atom stereocenters. The molecular weight excluding hydrogens is 418 g/mol. The van der Waals surface area contributed by atoms with Crippen molar-refractivity contribution in [3.05, 3.63) is 77.6 Å². The monoisotopic (exact) mass is 447 g/mol. The van der Waals surface area contributed by atoms with E-state index in [4.69, 9.17) is 4.74 Å². The quantitative estimate of drug-likeness (QED) is 0.545. The van der Waals surface area contributed by atoms with Gasteiger partial charge in [-0.05, 0) is 43.0 Å². The minimum Gasteiger partial charge on any atom is -0.494 e. The predicted octanol–water partition coefficient (Wildman–Crippen LogP) is 2.84. The van der Waals surface area contributed by atoms with Crippen LogP contribution in [-0.2, 0) is 24.3 Å². The van der Waals surface area contributed by atoms with Crippen LogP contribution < -0.4 is 10.1 Å². The molecule has 1 N–H and O–H groups in total. The van der Waals surface area contributed by atoms with Crippen LogP contribution in [0, 0.1) is 0 Å². The summed E-state index contributed by atoms with van der Waals surface area (Å²) in [5.74, 6) is 0.644. The van der Waals surface area contributed by atoms with Gasteiger partial charge in [0.2, 0.25) is 5.91 Å². The van der Waals surface area contributed by atoms with Crippen molar-refractivity contribution in [1.82, 2.24) is 25.2 Å². The largest absolute Gasteiger partial charge is 0.494 e. The Morgan fingerprint density at radius 2 is 1.88 bits per heavy atom. The highest BCUT2D eigenvalue weighted by molar-refractivity contribution is 5.91. The fraction of sp³-hybridized carbons (Fsp3) is 0.360. The molecule has 0 bridgehead atoms. The molecule has 172 valence electrons. The van der Waals surface area contributed by atoms with E-state index in [0.29, 0.717) is 26.1 Å². The summed E-state index contributed by atoms with van der Waals surface area (Å²) in [5, 5.41) is 11.0. The second-order valence-corrected chi connectivity index (χ2v) is 8.13. The van der Waals surface area contributed by atoms with Crippen molar-refractivity contribution < 1.29 is 14.3 Å². The fourth-order valence-corrected chi connectivity index (χ4v) is 4.08. The smallest absolute Gasteiger partial charge is 0.273 e. The van der Waals surface area contributed by atoms with Gasteiger partial charge in [0.1, 0.15) is 5.75 Å². The lowest BCUT2D eigenvalue weighted by atomic mass is 10.1. The summed E-state index contributed by atoms with van der Waals surface area (Å²) in [6.45, 7) is 4.25. The van der Waals surface area contributed by atoms with Crippen molar-refractivity contribution in [2.45, 2.75) is 45.3 Å². The number of benzene rings is 2. The van der Waals surface area contributed by atoms with E-state index in [-0.39, 0.29) is 23.6 Å². The highest BCUT2D eigenvalue weighted by Gasteiger charge is 2.29. The van der Waals surface area contributed by atoms with Crippen molar-refractivity contribution in [2.75, 3.05) is 13.2 Å². The van der Waals surface area contributed by atoms with Crippen LogP contribution in [0.1, 0.15) is 41.4 Å². The maximum Gasteiger partial charge on any atom is 0.273 e. The molecule has 1 unspecified atom stereocenters. The van der Waals surface area contributed by atoms with Crippen molar-refractivity contribution in [1.29, 1.82) is 0 Å². The Kier molecular flexibility index (Phi) is 7.34. The molecule has 0 radical (unpaired) electrons. The van der Waals surface area contributed by atoms with Gasteiger partial charge >= 0.3 is 0 Å². The highest BCUT2D eigenvalue weighted by atomic mass is 16.5. The van der Waals surface area contributed by atoms with Crippen LogP contribution >= 0.6 is 0 Å². The topological polar surface area (TPSA) is 89.4 Å². The second kappa shape index (κ2) is 10.8. The van der Waals surface area contributed by atoms with E-state index in [9.17, 15) is 9.59 Å². The van der Waals surface area contributed by atoms with Crippen LogP contribution in [0.3, 0.4) is 0 Å². The zero-order valence-corrected chi connectivity index (χ0v) is 18.8. The van der Waals surface area contributed by atoms with Gasteiger partial charge in [-0.1, -0.05) is 47.7 Å².